The molecule has 0 saturated heterocycles. The molecule has 11 heavy (non-hydrogen) atoms. The lowest BCUT2D eigenvalue weighted by Gasteiger charge is -2.15. The minimum absolute atomic E-state index is 0.150. The second-order valence-electron chi connectivity index (χ2n) is 2.03. The zero-order valence-electron chi connectivity index (χ0n) is 6.27. The number of carbonyl (C=O) groups is 1. The van der Waals surface area contributed by atoms with E-state index in [4.69, 9.17) is 5.84 Å². The topological polar surface area (TPSA) is 64.2 Å². The van der Waals surface area contributed by atoms with Gasteiger partial charge in [0.05, 0.1) is 0 Å². The van der Waals surface area contributed by atoms with E-state index < -0.39 is 0 Å². The Hall–Kier alpha value is -1.36. The van der Waals surface area contributed by atoms with E-state index in [2.05, 4.69) is 4.98 Å². The molecule has 0 saturated carbocycles. The fourth-order valence-electron chi connectivity index (χ4n) is 0.670. The quantitative estimate of drug-likeness (QED) is 0.359. The van der Waals surface area contributed by atoms with Gasteiger partial charge in [0.1, 0.15) is 6.33 Å². The minimum Gasteiger partial charge on any atom is -0.272 e. The van der Waals surface area contributed by atoms with Crippen LogP contribution in [0.4, 0.5) is 0 Å². The number of hydrogen-bond donors (Lipinski definition) is 1. The molecule has 1 aromatic rings. The van der Waals surface area contributed by atoms with Gasteiger partial charge in [-0.15, -0.1) is 0 Å². The summed E-state index contributed by atoms with van der Waals surface area (Å²) in [6, 6.07) is 0. The molecule has 0 aliphatic rings. The Morgan fingerprint density at radius 3 is 3.00 bits per heavy atom. The second kappa shape index (κ2) is 3.16. The lowest BCUT2D eigenvalue weighted by Crippen LogP contribution is -2.45. The van der Waals surface area contributed by atoms with Crippen LogP contribution < -0.4 is 11.0 Å². The average Bonchev–Trinajstić information content (AvgIpc) is 2.53. The van der Waals surface area contributed by atoms with Crippen molar-refractivity contribution in [2.24, 2.45) is 5.84 Å². The first kappa shape index (κ1) is 7.74. The molecular formula is C6H10N4O. The van der Waals surface area contributed by atoms with Gasteiger partial charge in [0.25, 0.3) is 5.91 Å². The third-order valence-electron chi connectivity index (χ3n) is 1.30. The van der Waals surface area contributed by atoms with E-state index in [1.54, 1.807) is 19.3 Å². The van der Waals surface area contributed by atoms with Crippen molar-refractivity contribution in [1.82, 2.24) is 9.66 Å². The average molecular weight is 154 g/mol. The summed E-state index contributed by atoms with van der Waals surface area (Å²) in [5, 5.41) is 1.02. The largest absolute Gasteiger partial charge is 0.272 e. The Kier molecular flexibility index (Phi) is 2.22. The number of aromatic nitrogens is 2. The van der Waals surface area contributed by atoms with Crippen LogP contribution in [0.15, 0.2) is 18.7 Å². The summed E-state index contributed by atoms with van der Waals surface area (Å²) in [6.07, 6.45) is 5.01. The lowest BCUT2D eigenvalue weighted by atomic mass is 10.5. The van der Waals surface area contributed by atoms with Crippen molar-refractivity contribution in [2.45, 2.75) is 13.3 Å². The SMILES string of the molecule is CCC(=O)N(N)n1ccnc1. The van der Waals surface area contributed by atoms with Crippen LogP contribution in [0.3, 0.4) is 0 Å². The molecule has 0 aliphatic heterocycles. The van der Waals surface area contributed by atoms with Crippen LogP contribution in [0.25, 0.3) is 0 Å². The maximum Gasteiger partial charge on any atom is 0.255 e. The highest BCUT2D eigenvalue weighted by Gasteiger charge is 2.06. The molecule has 5 nitrogen and oxygen atoms in total. The van der Waals surface area contributed by atoms with Crippen LogP contribution in [0.1, 0.15) is 13.3 Å². The Morgan fingerprint density at radius 1 is 1.82 bits per heavy atom. The van der Waals surface area contributed by atoms with Gasteiger partial charge in [-0.25, -0.2) is 15.5 Å². The molecule has 1 heterocycles. The van der Waals surface area contributed by atoms with Crippen LogP contribution in [-0.4, -0.2) is 15.6 Å². The first-order valence-corrected chi connectivity index (χ1v) is 3.31. The monoisotopic (exact) mass is 154 g/mol. The van der Waals surface area contributed by atoms with Gasteiger partial charge < -0.3 is 0 Å². The third-order valence-corrected chi connectivity index (χ3v) is 1.30. The fourth-order valence-corrected chi connectivity index (χ4v) is 0.670. The summed E-state index contributed by atoms with van der Waals surface area (Å²) in [7, 11) is 0. The first-order chi connectivity index (χ1) is 5.25. The summed E-state index contributed by atoms with van der Waals surface area (Å²) in [5.74, 6) is 5.25. The predicted octanol–water partition coefficient (Wildman–Crippen LogP) is -0.369. The molecule has 1 rings (SSSR count). The molecule has 0 spiro atoms. The maximum absolute atomic E-state index is 11.0. The van der Waals surface area contributed by atoms with Crippen molar-refractivity contribution >= 4 is 5.91 Å². The van der Waals surface area contributed by atoms with Crippen LogP contribution in [0, 0.1) is 0 Å². The van der Waals surface area contributed by atoms with Crippen LogP contribution in [0.2, 0.25) is 0 Å². The number of rotatable bonds is 2. The van der Waals surface area contributed by atoms with Gasteiger partial charge in [-0.2, -0.15) is 5.12 Å². The van der Waals surface area contributed by atoms with E-state index in [0.717, 1.165) is 5.12 Å². The minimum atomic E-state index is -0.150. The summed E-state index contributed by atoms with van der Waals surface area (Å²) < 4.78 is 1.42. The molecule has 2 N–H and O–H groups in total. The van der Waals surface area contributed by atoms with E-state index in [-0.39, 0.29) is 5.91 Å². The normalized spacial score (nSPS) is 9.64. The van der Waals surface area contributed by atoms with E-state index in [1.165, 1.54) is 11.0 Å². The van der Waals surface area contributed by atoms with Crippen molar-refractivity contribution < 1.29 is 4.79 Å². The summed E-state index contributed by atoms with van der Waals surface area (Å²) >= 11 is 0. The number of amides is 1. The smallest absolute Gasteiger partial charge is 0.255 e. The molecule has 0 atom stereocenters. The fraction of sp³-hybridized carbons (Fsp3) is 0.333. The Labute approximate surface area is 64.4 Å². The molecule has 1 amide bonds. The van der Waals surface area contributed by atoms with Gasteiger partial charge in [-0.1, -0.05) is 6.92 Å². The van der Waals surface area contributed by atoms with E-state index in [1.807, 2.05) is 0 Å². The van der Waals surface area contributed by atoms with Crippen LogP contribution in [-0.2, 0) is 4.79 Å². The Bertz CT molecular complexity index is 231. The highest BCUT2D eigenvalue weighted by atomic mass is 16.2. The molecule has 1 aromatic heterocycles. The van der Waals surface area contributed by atoms with Gasteiger partial charge in [0.15, 0.2) is 0 Å². The molecule has 0 unspecified atom stereocenters. The highest BCUT2D eigenvalue weighted by molar-refractivity contribution is 5.84. The second-order valence-corrected chi connectivity index (χ2v) is 2.03. The van der Waals surface area contributed by atoms with E-state index in [9.17, 15) is 4.79 Å². The summed E-state index contributed by atoms with van der Waals surface area (Å²) in [5.41, 5.74) is 0. The number of nitrogens with two attached hydrogens (primary N) is 1. The van der Waals surface area contributed by atoms with Gasteiger partial charge >= 0.3 is 0 Å². The van der Waals surface area contributed by atoms with E-state index >= 15 is 0 Å². The van der Waals surface area contributed by atoms with E-state index in [0.29, 0.717) is 6.42 Å². The Balaban J connectivity index is 2.70. The van der Waals surface area contributed by atoms with Crippen LogP contribution >= 0.6 is 0 Å². The number of carbonyl (C=O) groups excluding carboxylic acids is 1. The zero-order valence-corrected chi connectivity index (χ0v) is 6.27. The molecule has 0 fully saturated rings. The zero-order chi connectivity index (χ0) is 8.27. The predicted molar refractivity (Wildman–Crippen MR) is 39.9 cm³/mol. The lowest BCUT2D eigenvalue weighted by molar-refractivity contribution is -0.119. The van der Waals surface area contributed by atoms with Gasteiger partial charge in [0, 0.05) is 18.8 Å². The molecule has 0 radical (unpaired) electrons. The van der Waals surface area contributed by atoms with Crippen molar-refractivity contribution in [3.05, 3.63) is 18.7 Å². The molecular weight excluding hydrogens is 144 g/mol. The summed E-state index contributed by atoms with van der Waals surface area (Å²) in [4.78, 5) is 14.7. The molecule has 0 aliphatic carbocycles. The van der Waals surface area contributed by atoms with Crippen molar-refractivity contribution in [2.75, 3.05) is 5.12 Å². The highest BCUT2D eigenvalue weighted by Crippen LogP contribution is 1.88. The van der Waals surface area contributed by atoms with Crippen molar-refractivity contribution in [3.63, 3.8) is 0 Å². The first-order valence-electron chi connectivity index (χ1n) is 3.31. The molecule has 0 bridgehead atoms. The number of hydrogen-bond acceptors (Lipinski definition) is 3. The van der Waals surface area contributed by atoms with Gasteiger partial charge in [-0.3, -0.25) is 4.79 Å². The Morgan fingerprint density at radius 2 is 2.55 bits per heavy atom. The number of hydrazine groups is 1. The van der Waals surface area contributed by atoms with Crippen molar-refractivity contribution in [3.8, 4) is 0 Å². The summed E-state index contributed by atoms with van der Waals surface area (Å²) in [6.45, 7) is 1.75. The third kappa shape index (κ3) is 1.56. The standard InChI is InChI=1S/C6H10N4O/c1-2-6(11)10(7)9-4-3-8-5-9/h3-5H,2,7H2,1H3. The molecule has 5 heteroatoms. The van der Waals surface area contributed by atoms with Gasteiger partial charge in [-0.05, 0) is 0 Å². The van der Waals surface area contributed by atoms with Gasteiger partial charge in [0.2, 0.25) is 0 Å². The number of nitrogens with zero attached hydrogens (tertiary/aromatic N) is 3. The van der Waals surface area contributed by atoms with Crippen LogP contribution in [0.5, 0.6) is 0 Å². The van der Waals surface area contributed by atoms with Crippen molar-refractivity contribution in [1.29, 1.82) is 0 Å². The maximum atomic E-state index is 11.0. The molecule has 60 valence electrons. The molecule has 0 aromatic carbocycles. The number of imidazole rings is 1.